The van der Waals surface area contributed by atoms with Crippen molar-refractivity contribution in [3.8, 4) is 0 Å². The molecular formula is C27H33F2NO4S. The van der Waals surface area contributed by atoms with Crippen LogP contribution in [0.5, 0.6) is 0 Å². The number of nitrogens with zero attached hydrogens (tertiary/aromatic N) is 1. The van der Waals surface area contributed by atoms with Crippen molar-refractivity contribution in [3.05, 3.63) is 69.9 Å². The van der Waals surface area contributed by atoms with Crippen molar-refractivity contribution in [1.29, 1.82) is 0 Å². The highest BCUT2D eigenvalue weighted by atomic mass is 32.1. The first-order chi connectivity index (χ1) is 16.7. The second-order valence-corrected chi connectivity index (χ2v) is 10.2. The lowest BCUT2D eigenvalue weighted by Gasteiger charge is -2.22. The standard InChI is InChI=1S/C27H33F2NO4S/c1-19(8-6-11-20-9-4-3-5-10-20)23(31)15-13-21-18-27(28,29)26(33)30(21)17-7-12-22-14-16-24(35-22)25(32)34-2/h3-5,9-10,13-16,19,21,23,31H,6-8,11-12,17-18H2,1-2H3/t19-,21-,23-/m0/s1. The van der Waals surface area contributed by atoms with Gasteiger partial charge in [0.15, 0.2) is 0 Å². The molecule has 1 N–H and O–H groups in total. The first-order valence-corrected chi connectivity index (χ1v) is 12.8. The molecule has 0 bridgehead atoms. The summed E-state index contributed by atoms with van der Waals surface area (Å²) in [6.45, 7) is 2.12. The number of hydrogen-bond acceptors (Lipinski definition) is 5. The number of carbonyl (C=O) groups excluding carboxylic acids is 2. The Labute approximate surface area is 209 Å². The molecule has 0 aliphatic carbocycles. The number of ether oxygens (including phenoxy) is 1. The third kappa shape index (κ3) is 7.45. The van der Waals surface area contributed by atoms with Crippen LogP contribution in [0.2, 0.25) is 0 Å². The molecule has 0 spiro atoms. The van der Waals surface area contributed by atoms with E-state index in [1.54, 1.807) is 18.2 Å². The maximum absolute atomic E-state index is 14.2. The monoisotopic (exact) mass is 505 g/mol. The Bertz CT molecular complexity index is 1010. The highest BCUT2D eigenvalue weighted by molar-refractivity contribution is 7.13. The van der Waals surface area contributed by atoms with Gasteiger partial charge >= 0.3 is 11.9 Å². The van der Waals surface area contributed by atoms with E-state index in [4.69, 9.17) is 4.74 Å². The van der Waals surface area contributed by atoms with Crippen LogP contribution in [-0.2, 0) is 22.4 Å². The fraction of sp³-hybridized carbons (Fsp3) is 0.481. The Morgan fingerprint density at radius 3 is 2.69 bits per heavy atom. The number of alkyl halides is 2. The summed E-state index contributed by atoms with van der Waals surface area (Å²) in [5.74, 6) is -5.00. The fourth-order valence-corrected chi connectivity index (χ4v) is 5.25. The van der Waals surface area contributed by atoms with Crippen LogP contribution in [0.4, 0.5) is 8.78 Å². The lowest BCUT2D eigenvalue weighted by Crippen LogP contribution is -2.36. The molecule has 2 heterocycles. The molecule has 1 aliphatic rings. The van der Waals surface area contributed by atoms with Gasteiger partial charge in [-0.3, -0.25) is 4.79 Å². The molecule has 0 saturated carbocycles. The molecule has 1 amide bonds. The summed E-state index contributed by atoms with van der Waals surface area (Å²) < 4.78 is 33.1. The first kappa shape index (κ1) is 27.0. The summed E-state index contributed by atoms with van der Waals surface area (Å²) in [7, 11) is 1.32. The van der Waals surface area contributed by atoms with Gasteiger partial charge in [0.1, 0.15) is 4.88 Å². The molecule has 0 unspecified atom stereocenters. The van der Waals surface area contributed by atoms with Gasteiger partial charge in [-0.1, -0.05) is 49.4 Å². The number of aryl methyl sites for hydroxylation is 2. The van der Waals surface area contributed by atoms with E-state index in [9.17, 15) is 23.5 Å². The van der Waals surface area contributed by atoms with Gasteiger partial charge in [0.2, 0.25) is 0 Å². The third-order valence-corrected chi connectivity index (χ3v) is 7.52. The molecule has 8 heteroatoms. The third-order valence-electron chi connectivity index (χ3n) is 6.39. The maximum atomic E-state index is 14.2. The first-order valence-electron chi connectivity index (χ1n) is 12.0. The topological polar surface area (TPSA) is 66.8 Å². The number of likely N-dealkylation sites (tertiary alicyclic amines) is 1. The number of thiophene rings is 1. The van der Waals surface area contributed by atoms with Crippen molar-refractivity contribution in [2.45, 2.75) is 63.5 Å². The van der Waals surface area contributed by atoms with Gasteiger partial charge in [0.05, 0.1) is 19.3 Å². The minimum absolute atomic E-state index is 0.0242. The Morgan fingerprint density at radius 2 is 1.97 bits per heavy atom. The molecule has 3 atom stereocenters. The lowest BCUT2D eigenvalue weighted by atomic mass is 9.95. The molecule has 5 nitrogen and oxygen atoms in total. The number of aliphatic hydroxyl groups excluding tert-OH is 1. The Morgan fingerprint density at radius 1 is 1.23 bits per heavy atom. The van der Waals surface area contributed by atoms with Crippen molar-refractivity contribution in [1.82, 2.24) is 4.90 Å². The number of hydrogen-bond donors (Lipinski definition) is 1. The van der Waals surface area contributed by atoms with Gasteiger partial charge in [-0.25, -0.2) is 4.79 Å². The van der Waals surface area contributed by atoms with Gasteiger partial charge in [-0.2, -0.15) is 8.78 Å². The van der Waals surface area contributed by atoms with Crippen molar-refractivity contribution >= 4 is 23.2 Å². The summed E-state index contributed by atoms with van der Waals surface area (Å²) in [5.41, 5.74) is 1.25. The zero-order valence-electron chi connectivity index (χ0n) is 20.2. The smallest absolute Gasteiger partial charge is 0.348 e. The summed E-state index contributed by atoms with van der Waals surface area (Å²) in [4.78, 5) is 26.5. The Kier molecular flexibility index (Phi) is 9.57. The highest BCUT2D eigenvalue weighted by Crippen LogP contribution is 2.34. The van der Waals surface area contributed by atoms with Gasteiger partial charge in [0.25, 0.3) is 5.91 Å². The molecule has 1 aliphatic heterocycles. The van der Waals surface area contributed by atoms with Crippen LogP contribution in [0.1, 0.15) is 52.7 Å². The molecule has 1 aromatic carbocycles. The average molecular weight is 506 g/mol. The second kappa shape index (κ2) is 12.4. The lowest BCUT2D eigenvalue weighted by molar-refractivity contribution is -0.148. The molecule has 0 radical (unpaired) electrons. The Hall–Kier alpha value is -2.58. The van der Waals surface area contributed by atoms with E-state index in [0.29, 0.717) is 17.7 Å². The second-order valence-electron chi connectivity index (χ2n) is 9.07. The molecule has 3 rings (SSSR count). The number of rotatable bonds is 12. The number of esters is 1. The van der Waals surface area contributed by atoms with Crippen LogP contribution >= 0.6 is 11.3 Å². The van der Waals surface area contributed by atoms with Gasteiger partial charge in [0, 0.05) is 17.8 Å². The van der Waals surface area contributed by atoms with Crippen molar-refractivity contribution in [3.63, 3.8) is 0 Å². The molecule has 1 aromatic heterocycles. The van der Waals surface area contributed by atoms with E-state index in [-0.39, 0.29) is 12.5 Å². The van der Waals surface area contributed by atoms with Crippen LogP contribution in [0.3, 0.4) is 0 Å². The predicted octanol–water partition coefficient (Wildman–Crippen LogP) is 5.28. The quantitative estimate of drug-likeness (QED) is 0.315. The molecule has 35 heavy (non-hydrogen) atoms. The minimum atomic E-state index is -3.40. The number of amides is 1. The van der Waals surface area contributed by atoms with Crippen molar-refractivity contribution in [2.24, 2.45) is 5.92 Å². The average Bonchev–Trinajstić information content (AvgIpc) is 3.40. The summed E-state index contributed by atoms with van der Waals surface area (Å²) >= 11 is 1.30. The van der Waals surface area contributed by atoms with Crippen LogP contribution in [-0.4, -0.2) is 53.6 Å². The van der Waals surface area contributed by atoms with Crippen molar-refractivity contribution in [2.75, 3.05) is 13.7 Å². The van der Waals surface area contributed by atoms with Crippen LogP contribution in [0.15, 0.2) is 54.6 Å². The molecule has 2 aromatic rings. The molecular weight excluding hydrogens is 472 g/mol. The normalized spacial score (nSPS) is 19.3. The number of aliphatic hydroxyl groups is 1. The van der Waals surface area contributed by atoms with E-state index in [1.165, 1.54) is 28.9 Å². The Balaban J connectivity index is 1.51. The number of benzene rings is 1. The molecule has 1 fully saturated rings. The van der Waals surface area contributed by atoms with Crippen LogP contribution in [0.25, 0.3) is 0 Å². The van der Waals surface area contributed by atoms with E-state index in [2.05, 4.69) is 12.1 Å². The number of carbonyl (C=O) groups is 2. The zero-order chi connectivity index (χ0) is 25.4. The summed E-state index contributed by atoms with van der Waals surface area (Å²) in [5, 5.41) is 10.5. The van der Waals surface area contributed by atoms with Crippen LogP contribution < -0.4 is 0 Å². The SMILES string of the molecule is COC(=O)c1ccc(CCCN2C(=O)C(F)(F)C[C@@H]2C=C[C@H](O)[C@@H](C)CCCc2ccccc2)s1. The number of halogens is 2. The largest absolute Gasteiger partial charge is 0.465 e. The van der Waals surface area contributed by atoms with Gasteiger partial charge < -0.3 is 14.7 Å². The fourth-order valence-electron chi connectivity index (χ4n) is 4.28. The van der Waals surface area contributed by atoms with Crippen LogP contribution in [0, 0.1) is 5.92 Å². The summed E-state index contributed by atoms with van der Waals surface area (Å²) in [6, 6.07) is 12.9. The van der Waals surface area contributed by atoms with E-state index >= 15 is 0 Å². The van der Waals surface area contributed by atoms with Gasteiger partial charge in [-0.05, 0) is 55.7 Å². The zero-order valence-corrected chi connectivity index (χ0v) is 21.0. The molecule has 1 saturated heterocycles. The maximum Gasteiger partial charge on any atom is 0.348 e. The van der Waals surface area contributed by atoms with E-state index in [1.807, 2.05) is 31.2 Å². The number of methoxy groups -OCH3 is 1. The predicted molar refractivity (Wildman–Crippen MR) is 133 cm³/mol. The van der Waals surface area contributed by atoms with E-state index in [0.717, 1.165) is 24.1 Å². The van der Waals surface area contributed by atoms with Gasteiger partial charge in [-0.15, -0.1) is 11.3 Å². The minimum Gasteiger partial charge on any atom is -0.465 e. The summed E-state index contributed by atoms with van der Waals surface area (Å²) in [6.07, 6.45) is 5.47. The van der Waals surface area contributed by atoms with E-state index < -0.39 is 36.4 Å². The van der Waals surface area contributed by atoms with Crippen molar-refractivity contribution < 1.29 is 28.2 Å². The molecule has 190 valence electrons. The highest BCUT2D eigenvalue weighted by Gasteiger charge is 2.52.